The zero-order chi connectivity index (χ0) is 17.9. The molecule has 0 fully saturated rings. The smallest absolute Gasteiger partial charge is 0.408 e. The summed E-state index contributed by atoms with van der Waals surface area (Å²) in [6.45, 7) is 0. The van der Waals surface area contributed by atoms with Crippen LogP contribution in [0.15, 0.2) is 63.1 Å². The van der Waals surface area contributed by atoms with Crippen molar-refractivity contribution >= 4 is 34.0 Å². The third-order valence-electron chi connectivity index (χ3n) is 3.89. The lowest BCUT2D eigenvalue weighted by molar-refractivity contribution is -0.116. The highest BCUT2D eigenvalue weighted by atomic mass is 32.1. The number of carbonyl (C=O) groups excluding carboxylic acids is 1. The van der Waals surface area contributed by atoms with E-state index in [0.29, 0.717) is 29.6 Å². The second-order valence-electron chi connectivity index (χ2n) is 5.77. The monoisotopic (exact) mass is 365 g/mol. The first-order chi connectivity index (χ1) is 12.7. The largest absolute Gasteiger partial charge is 0.417 e. The van der Waals surface area contributed by atoms with E-state index in [-0.39, 0.29) is 5.91 Å². The first-order valence-electron chi connectivity index (χ1n) is 8.10. The van der Waals surface area contributed by atoms with E-state index in [0.717, 1.165) is 16.3 Å². The Morgan fingerprint density at radius 3 is 2.88 bits per heavy atom. The van der Waals surface area contributed by atoms with Crippen LogP contribution in [-0.4, -0.2) is 15.9 Å². The number of hydrogen-bond acceptors (Lipinski definition) is 5. The van der Waals surface area contributed by atoms with Gasteiger partial charge in [-0.2, -0.15) is 0 Å². The van der Waals surface area contributed by atoms with E-state index in [2.05, 4.69) is 15.3 Å². The molecular formula is C19H15N3O3S. The number of oxazole rings is 1. The molecule has 6 nitrogen and oxygen atoms in total. The standard InChI is InChI=1S/C19H15N3O3S/c23-17(20-13-6-7-16-14(10-13)22-19(24)25-16)8-9-18-21-15(11-26-18)12-4-2-1-3-5-12/h1-7,10-11H,8-9H2,(H,20,23)(H,22,24). The summed E-state index contributed by atoms with van der Waals surface area (Å²) < 4.78 is 4.94. The molecule has 4 aromatic rings. The summed E-state index contributed by atoms with van der Waals surface area (Å²) in [5, 5.41) is 5.76. The van der Waals surface area contributed by atoms with Crippen molar-refractivity contribution in [3.05, 3.63) is 69.5 Å². The van der Waals surface area contributed by atoms with E-state index in [4.69, 9.17) is 4.42 Å². The number of aromatic nitrogens is 2. The van der Waals surface area contributed by atoms with E-state index in [1.54, 1.807) is 29.5 Å². The molecule has 4 rings (SSSR count). The predicted octanol–water partition coefficient (Wildman–Crippen LogP) is 3.82. The Morgan fingerprint density at radius 2 is 2.04 bits per heavy atom. The SMILES string of the molecule is O=C(CCc1nc(-c2ccccc2)cs1)Nc1ccc2oc(=O)[nH]c2c1. The van der Waals surface area contributed by atoms with Gasteiger partial charge in [-0.05, 0) is 18.2 Å². The Hall–Kier alpha value is -3.19. The van der Waals surface area contributed by atoms with Crippen LogP contribution in [0.1, 0.15) is 11.4 Å². The van der Waals surface area contributed by atoms with Gasteiger partial charge < -0.3 is 9.73 Å². The minimum atomic E-state index is -0.513. The molecule has 0 unspecified atom stereocenters. The number of nitrogens with one attached hydrogen (secondary N) is 2. The first kappa shape index (κ1) is 16.3. The number of fused-ring (bicyclic) bond motifs is 1. The fourth-order valence-corrected chi connectivity index (χ4v) is 3.45. The summed E-state index contributed by atoms with van der Waals surface area (Å²) in [6, 6.07) is 15.0. The average molecular weight is 365 g/mol. The third-order valence-corrected chi connectivity index (χ3v) is 4.80. The highest BCUT2D eigenvalue weighted by Crippen LogP contribution is 2.22. The number of thiazole rings is 1. The number of hydrogen-bond donors (Lipinski definition) is 2. The van der Waals surface area contributed by atoms with Crippen molar-refractivity contribution in [1.29, 1.82) is 0 Å². The Labute approximate surface area is 152 Å². The number of amides is 1. The summed E-state index contributed by atoms with van der Waals surface area (Å²) in [6.07, 6.45) is 0.913. The minimum absolute atomic E-state index is 0.105. The van der Waals surface area contributed by atoms with Crippen molar-refractivity contribution in [2.75, 3.05) is 5.32 Å². The van der Waals surface area contributed by atoms with Gasteiger partial charge in [0.25, 0.3) is 0 Å². The number of rotatable bonds is 5. The Morgan fingerprint density at radius 1 is 1.19 bits per heavy atom. The highest BCUT2D eigenvalue weighted by Gasteiger charge is 2.09. The lowest BCUT2D eigenvalue weighted by Crippen LogP contribution is -2.12. The lowest BCUT2D eigenvalue weighted by atomic mass is 10.2. The molecule has 0 radical (unpaired) electrons. The van der Waals surface area contributed by atoms with Gasteiger partial charge in [-0.15, -0.1) is 11.3 Å². The third kappa shape index (κ3) is 3.57. The minimum Gasteiger partial charge on any atom is -0.408 e. The molecule has 0 aliphatic rings. The van der Waals surface area contributed by atoms with E-state index < -0.39 is 5.76 Å². The molecule has 0 saturated carbocycles. The van der Waals surface area contributed by atoms with Crippen LogP contribution in [0.3, 0.4) is 0 Å². The summed E-state index contributed by atoms with van der Waals surface area (Å²) >= 11 is 1.55. The average Bonchev–Trinajstić information content (AvgIpc) is 3.26. The van der Waals surface area contributed by atoms with Crippen molar-refractivity contribution in [1.82, 2.24) is 9.97 Å². The van der Waals surface area contributed by atoms with Crippen LogP contribution in [0.5, 0.6) is 0 Å². The summed E-state index contributed by atoms with van der Waals surface area (Å²) in [5.74, 6) is -0.617. The van der Waals surface area contributed by atoms with Crippen molar-refractivity contribution in [3.8, 4) is 11.3 Å². The molecule has 0 aliphatic heterocycles. The van der Waals surface area contributed by atoms with Gasteiger partial charge in [0.1, 0.15) is 0 Å². The van der Waals surface area contributed by atoms with E-state index >= 15 is 0 Å². The number of aromatic amines is 1. The molecule has 0 aliphatic carbocycles. The fourth-order valence-electron chi connectivity index (χ4n) is 2.64. The fraction of sp³-hybridized carbons (Fsp3) is 0.105. The molecule has 0 spiro atoms. The maximum Gasteiger partial charge on any atom is 0.417 e. The van der Waals surface area contributed by atoms with Crippen molar-refractivity contribution in [3.63, 3.8) is 0 Å². The number of carbonyl (C=O) groups is 1. The first-order valence-corrected chi connectivity index (χ1v) is 8.98. The maximum absolute atomic E-state index is 12.2. The number of nitrogens with zero attached hydrogens (tertiary/aromatic N) is 1. The van der Waals surface area contributed by atoms with Gasteiger partial charge in [-0.1, -0.05) is 30.3 Å². The molecule has 130 valence electrons. The van der Waals surface area contributed by atoms with Crippen LogP contribution >= 0.6 is 11.3 Å². The van der Waals surface area contributed by atoms with Crippen molar-refractivity contribution < 1.29 is 9.21 Å². The number of anilines is 1. The van der Waals surface area contributed by atoms with Crippen LogP contribution < -0.4 is 11.1 Å². The second-order valence-corrected chi connectivity index (χ2v) is 6.71. The summed E-state index contributed by atoms with van der Waals surface area (Å²) in [5.41, 5.74) is 3.63. The van der Waals surface area contributed by atoms with Gasteiger partial charge >= 0.3 is 5.76 Å². The molecule has 2 heterocycles. The lowest BCUT2D eigenvalue weighted by Gasteiger charge is -2.04. The molecule has 2 N–H and O–H groups in total. The quantitative estimate of drug-likeness (QED) is 0.563. The molecule has 26 heavy (non-hydrogen) atoms. The van der Waals surface area contributed by atoms with Crippen LogP contribution in [0.4, 0.5) is 5.69 Å². The van der Waals surface area contributed by atoms with Gasteiger partial charge in [0.05, 0.1) is 16.2 Å². The Bertz CT molecular complexity index is 1110. The van der Waals surface area contributed by atoms with Gasteiger partial charge in [0.15, 0.2) is 5.58 Å². The molecule has 2 aromatic heterocycles. The summed E-state index contributed by atoms with van der Waals surface area (Å²) in [7, 11) is 0. The molecule has 2 aromatic carbocycles. The predicted molar refractivity (Wildman–Crippen MR) is 101 cm³/mol. The van der Waals surface area contributed by atoms with Gasteiger partial charge in [-0.25, -0.2) is 9.78 Å². The second kappa shape index (κ2) is 6.97. The van der Waals surface area contributed by atoms with Crippen LogP contribution in [-0.2, 0) is 11.2 Å². The molecule has 1 amide bonds. The van der Waals surface area contributed by atoms with E-state index in [9.17, 15) is 9.59 Å². The zero-order valence-corrected chi connectivity index (χ0v) is 14.5. The zero-order valence-electron chi connectivity index (χ0n) is 13.7. The molecule has 0 atom stereocenters. The molecule has 0 saturated heterocycles. The van der Waals surface area contributed by atoms with Crippen LogP contribution in [0, 0.1) is 0 Å². The van der Waals surface area contributed by atoms with Crippen molar-refractivity contribution in [2.24, 2.45) is 0 Å². The summed E-state index contributed by atoms with van der Waals surface area (Å²) in [4.78, 5) is 30.5. The maximum atomic E-state index is 12.2. The highest BCUT2D eigenvalue weighted by molar-refractivity contribution is 7.09. The normalized spacial score (nSPS) is 10.9. The molecule has 7 heteroatoms. The van der Waals surface area contributed by atoms with E-state index in [1.807, 2.05) is 35.7 Å². The number of H-pyrrole nitrogens is 1. The van der Waals surface area contributed by atoms with Crippen LogP contribution in [0.2, 0.25) is 0 Å². The molecule has 0 bridgehead atoms. The van der Waals surface area contributed by atoms with Gasteiger partial charge in [0.2, 0.25) is 5.91 Å². The van der Waals surface area contributed by atoms with Crippen molar-refractivity contribution in [2.45, 2.75) is 12.8 Å². The Balaban J connectivity index is 1.37. The number of benzene rings is 2. The molecular weight excluding hydrogens is 350 g/mol. The topological polar surface area (TPSA) is 88.0 Å². The Kier molecular flexibility index (Phi) is 4.37. The van der Waals surface area contributed by atoms with Gasteiger partial charge in [-0.3, -0.25) is 9.78 Å². The number of aryl methyl sites for hydroxylation is 1. The van der Waals surface area contributed by atoms with Gasteiger partial charge in [0, 0.05) is 29.5 Å². The van der Waals surface area contributed by atoms with E-state index in [1.165, 1.54) is 0 Å². The van der Waals surface area contributed by atoms with Crippen LogP contribution in [0.25, 0.3) is 22.4 Å².